The molecule has 0 aliphatic rings. The smallest absolute Gasteiger partial charge is 0.387 e. The highest BCUT2D eigenvalue weighted by Gasteiger charge is 2.19. The van der Waals surface area contributed by atoms with E-state index in [0.717, 1.165) is 17.4 Å². The molecule has 5 nitrogen and oxygen atoms in total. The monoisotopic (exact) mass is 374 g/mol. The van der Waals surface area contributed by atoms with E-state index in [2.05, 4.69) is 14.6 Å². The number of benzene rings is 2. The summed E-state index contributed by atoms with van der Waals surface area (Å²) in [6.45, 7) is -1.92. The zero-order valence-corrected chi connectivity index (χ0v) is 14.8. The number of aromatic nitrogens is 1. The molecule has 1 heterocycles. The molecule has 3 aromatic rings. The quantitative estimate of drug-likeness (QED) is 0.605. The molecule has 1 aromatic heterocycles. The summed E-state index contributed by atoms with van der Waals surface area (Å²) in [6.07, 6.45) is 2.70. The maximum Gasteiger partial charge on any atom is 0.387 e. The molecular weight excluding hydrogens is 354 g/mol. The number of ether oxygens (including phenoxy) is 2. The van der Waals surface area contributed by atoms with Crippen molar-refractivity contribution in [1.82, 2.24) is 9.88 Å². The molecule has 0 saturated carbocycles. The Balaban J connectivity index is 1.61. The van der Waals surface area contributed by atoms with Gasteiger partial charge in [0.2, 0.25) is 0 Å². The van der Waals surface area contributed by atoms with Gasteiger partial charge in [-0.05, 0) is 36.1 Å². The highest BCUT2D eigenvalue weighted by atomic mass is 19.3. The first-order valence-corrected chi connectivity index (χ1v) is 8.54. The van der Waals surface area contributed by atoms with Crippen molar-refractivity contribution in [1.29, 1.82) is 0 Å². The summed E-state index contributed by atoms with van der Waals surface area (Å²) in [7, 11) is 1.33. The van der Waals surface area contributed by atoms with Crippen LogP contribution in [-0.4, -0.2) is 30.7 Å². The average Bonchev–Trinajstić information content (AvgIpc) is 3.08. The number of carbonyl (C=O) groups is 1. The molecule has 2 aromatic carbocycles. The van der Waals surface area contributed by atoms with Gasteiger partial charge in [0.05, 0.1) is 12.7 Å². The molecule has 0 bridgehead atoms. The Bertz CT molecular complexity index is 924. The van der Waals surface area contributed by atoms with Gasteiger partial charge in [0.25, 0.3) is 5.91 Å². The lowest BCUT2D eigenvalue weighted by molar-refractivity contribution is -0.0515. The predicted molar refractivity (Wildman–Crippen MR) is 98.5 cm³/mol. The van der Waals surface area contributed by atoms with Crippen molar-refractivity contribution in [2.45, 2.75) is 19.6 Å². The summed E-state index contributed by atoms with van der Waals surface area (Å²) < 4.78 is 36.9. The molecule has 0 aliphatic heterocycles. The van der Waals surface area contributed by atoms with Crippen molar-refractivity contribution in [2.24, 2.45) is 0 Å². The number of para-hydroxylation sites is 2. The van der Waals surface area contributed by atoms with Crippen molar-refractivity contribution < 1.29 is 23.0 Å². The molecule has 3 rings (SSSR count). The predicted octanol–water partition coefficient (Wildman–Crippen LogP) is 4.07. The van der Waals surface area contributed by atoms with Crippen LogP contribution in [0.25, 0.3) is 10.9 Å². The Morgan fingerprint density at radius 1 is 1.15 bits per heavy atom. The van der Waals surface area contributed by atoms with E-state index in [4.69, 9.17) is 4.74 Å². The molecule has 1 amide bonds. The van der Waals surface area contributed by atoms with Gasteiger partial charge >= 0.3 is 6.61 Å². The standard InChI is InChI=1S/C20H20F2N2O3/c1-26-17-9-4-7-15(18(17)27-20(21)22)19(25)23-11-5-12-24-13-10-14-6-2-3-8-16(14)24/h2-4,6-10,13,20H,5,11-12H2,1H3,(H,23,25). The Labute approximate surface area is 155 Å². The molecule has 0 fully saturated rings. The van der Waals surface area contributed by atoms with E-state index in [1.165, 1.54) is 19.2 Å². The highest BCUT2D eigenvalue weighted by Crippen LogP contribution is 2.32. The van der Waals surface area contributed by atoms with Gasteiger partial charge < -0.3 is 19.4 Å². The molecule has 0 saturated heterocycles. The van der Waals surface area contributed by atoms with Gasteiger partial charge in [-0.25, -0.2) is 0 Å². The van der Waals surface area contributed by atoms with Gasteiger partial charge in [0.1, 0.15) is 0 Å². The van der Waals surface area contributed by atoms with E-state index in [1.807, 2.05) is 36.5 Å². The third-order valence-corrected chi connectivity index (χ3v) is 4.19. The Kier molecular flexibility index (Phi) is 5.90. The molecule has 0 spiro atoms. The largest absolute Gasteiger partial charge is 0.493 e. The topological polar surface area (TPSA) is 52.5 Å². The number of alkyl halides is 2. The normalized spacial score (nSPS) is 11.0. The van der Waals surface area contributed by atoms with Crippen molar-refractivity contribution in [3.8, 4) is 11.5 Å². The second-order valence-corrected chi connectivity index (χ2v) is 5.89. The van der Waals surface area contributed by atoms with Crippen molar-refractivity contribution in [3.05, 3.63) is 60.3 Å². The van der Waals surface area contributed by atoms with Gasteiger partial charge in [-0.3, -0.25) is 4.79 Å². The van der Waals surface area contributed by atoms with Crippen LogP contribution in [0.1, 0.15) is 16.8 Å². The van der Waals surface area contributed by atoms with E-state index < -0.39 is 12.5 Å². The van der Waals surface area contributed by atoms with Crippen LogP contribution in [0.15, 0.2) is 54.7 Å². The molecular formula is C20H20F2N2O3. The minimum Gasteiger partial charge on any atom is -0.493 e. The minimum atomic E-state index is -3.05. The Morgan fingerprint density at radius 2 is 1.96 bits per heavy atom. The number of carbonyl (C=O) groups excluding carboxylic acids is 1. The first-order valence-electron chi connectivity index (χ1n) is 8.54. The van der Waals surface area contributed by atoms with Crippen LogP contribution in [0, 0.1) is 0 Å². The first kappa shape index (κ1) is 18.7. The van der Waals surface area contributed by atoms with Crippen LogP contribution >= 0.6 is 0 Å². The number of methoxy groups -OCH3 is 1. The van der Waals surface area contributed by atoms with Crippen LogP contribution in [-0.2, 0) is 6.54 Å². The lowest BCUT2D eigenvalue weighted by Crippen LogP contribution is -2.26. The van der Waals surface area contributed by atoms with Crippen LogP contribution in [0.4, 0.5) is 8.78 Å². The number of halogens is 2. The number of nitrogens with zero attached hydrogens (tertiary/aromatic N) is 1. The van der Waals surface area contributed by atoms with E-state index in [-0.39, 0.29) is 17.1 Å². The molecule has 0 radical (unpaired) electrons. The molecule has 0 atom stereocenters. The number of aryl methyl sites for hydroxylation is 1. The summed E-state index contributed by atoms with van der Waals surface area (Å²) in [5.41, 5.74) is 1.14. The fourth-order valence-corrected chi connectivity index (χ4v) is 2.95. The van der Waals surface area contributed by atoms with E-state index in [0.29, 0.717) is 13.0 Å². The van der Waals surface area contributed by atoms with Gasteiger partial charge in [-0.1, -0.05) is 24.3 Å². The fourth-order valence-electron chi connectivity index (χ4n) is 2.95. The molecule has 27 heavy (non-hydrogen) atoms. The van der Waals surface area contributed by atoms with Crippen molar-refractivity contribution in [2.75, 3.05) is 13.7 Å². The maximum atomic E-state index is 12.7. The minimum absolute atomic E-state index is 0.0149. The van der Waals surface area contributed by atoms with Crippen molar-refractivity contribution >= 4 is 16.8 Å². The fraction of sp³-hybridized carbons (Fsp3) is 0.250. The second kappa shape index (κ2) is 8.53. The summed E-state index contributed by atoms with van der Waals surface area (Å²) in [5.74, 6) is -0.660. The van der Waals surface area contributed by atoms with E-state index in [9.17, 15) is 13.6 Å². The summed E-state index contributed by atoms with van der Waals surface area (Å²) in [6, 6.07) is 14.5. The number of hydrogen-bond acceptors (Lipinski definition) is 3. The average molecular weight is 374 g/mol. The van der Waals surface area contributed by atoms with Crippen LogP contribution in [0.2, 0.25) is 0 Å². The van der Waals surface area contributed by atoms with Crippen LogP contribution in [0.5, 0.6) is 11.5 Å². The van der Waals surface area contributed by atoms with E-state index in [1.54, 1.807) is 6.07 Å². The highest BCUT2D eigenvalue weighted by molar-refractivity contribution is 5.97. The number of amides is 1. The van der Waals surface area contributed by atoms with Gasteiger partial charge in [0.15, 0.2) is 11.5 Å². The zero-order valence-electron chi connectivity index (χ0n) is 14.8. The lowest BCUT2D eigenvalue weighted by atomic mass is 10.1. The molecule has 7 heteroatoms. The summed E-state index contributed by atoms with van der Waals surface area (Å²) in [4.78, 5) is 12.4. The number of hydrogen-bond donors (Lipinski definition) is 1. The molecule has 0 aliphatic carbocycles. The van der Waals surface area contributed by atoms with Crippen LogP contribution < -0.4 is 14.8 Å². The van der Waals surface area contributed by atoms with Gasteiger partial charge in [0, 0.05) is 24.8 Å². The summed E-state index contributed by atoms with van der Waals surface area (Å²) in [5, 5.41) is 3.90. The number of rotatable bonds is 8. The van der Waals surface area contributed by atoms with Gasteiger partial charge in [-0.15, -0.1) is 0 Å². The third-order valence-electron chi connectivity index (χ3n) is 4.19. The molecule has 142 valence electrons. The lowest BCUT2D eigenvalue weighted by Gasteiger charge is -2.14. The Morgan fingerprint density at radius 3 is 2.74 bits per heavy atom. The molecule has 0 unspecified atom stereocenters. The molecule has 1 N–H and O–H groups in total. The van der Waals surface area contributed by atoms with Crippen LogP contribution in [0.3, 0.4) is 0 Å². The maximum absolute atomic E-state index is 12.7. The number of nitrogens with one attached hydrogen (secondary N) is 1. The second-order valence-electron chi connectivity index (χ2n) is 5.89. The van der Waals surface area contributed by atoms with E-state index >= 15 is 0 Å². The van der Waals surface area contributed by atoms with Crippen molar-refractivity contribution in [3.63, 3.8) is 0 Å². The Hall–Kier alpha value is -3.09. The number of fused-ring (bicyclic) bond motifs is 1. The third kappa shape index (κ3) is 4.36. The zero-order chi connectivity index (χ0) is 19.2. The van der Waals surface area contributed by atoms with Gasteiger partial charge in [-0.2, -0.15) is 8.78 Å². The summed E-state index contributed by atoms with van der Waals surface area (Å²) >= 11 is 0. The SMILES string of the molecule is COc1cccc(C(=O)NCCCn2ccc3ccccc32)c1OC(F)F. The first-order chi connectivity index (χ1) is 13.1.